The molecule has 2 amide bonds. The van der Waals surface area contributed by atoms with E-state index >= 15 is 0 Å². The van der Waals surface area contributed by atoms with E-state index in [1.807, 2.05) is 66.7 Å². The van der Waals surface area contributed by atoms with Crippen molar-refractivity contribution in [2.45, 2.75) is 13.0 Å². The minimum absolute atomic E-state index is 0.257. The maximum Gasteiger partial charge on any atom is 0.338 e. The van der Waals surface area contributed by atoms with Crippen LogP contribution in [0.5, 0.6) is 0 Å². The summed E-state index contributed by atoms with van der Waals surface area (Å²) in [5.41, 5.74) is 2.60. The van der Waals surface area contributed by atoms with Crippen LogP contribution in [-0.4, -0.2) is 18.6 Å². The van der Waals surface area contributed by atoms with E-state index in [0.717, 1.165) is 11.1 Å². The predicted octanol–water partition coefficient (Wildman–Crippen LogP) is 3.57. The van der Waals surface area contributed by atoms with Gasteiger partial charge in [-0.2, -0.15) is 0 Å². The van der Waals surface area contributed by atoms with Crippen LogP contribution in [-0.2, 0) is 9.53 Å². The minimum Gasteiger partial charge on any atom is -0.463 e. The summed E-state index contributed by atoms with van der Waals surface area (Å²) in [7, 11) is 0. The number of rotatable bonds is 5. The Hall–Kier alpha value is -3.34. The summed E-state index contributed by atoms with van der Waals surface area (Å²) >= 11 is 0. The normalized spacial score (nSPS) is 17.0. The molecule has 0 aliphatic carbocycles. The lowest BCUT2D eigenvalue weighted by molar-refractivity contribution is -0.139. The second-order valence-electron chi connectivity index (χ2n) is 5.73. The molecule has 2 aromatic carbocycles. The highest BCUT2D eigenvalue weighted by atomic mass is 16.5. The lowest BCUT2D eigenvalue weighted by Crippen LogP contribution is -2.45. The Morgan fingerprint density at radius 2 is 1.69 bits per heavy atom. The first-order chi connectivity index (χ1) is 12.7. The average Bonchev–Trinajstić information content (AvgIpc) is 2.67. The van der Waals surface area contributed by atoms with Crippen LogP contribution < -0.4 is 10.6 Å². The van der Waals surface area contributed by atoms with E-state index in [2.05, 4.69) is 10.6 Å². The summed E-state index contributed by atoms with van der Waals surface area (Å²) in [6.45, 7) is 2.01. The number of carbonyl (C=O) groups excluding carboxylic acids is 2. The zero-order valence-electron chi connectivity index (χ0n) is 14.4. The van der Waals surface area contributed by atoms with Crippen molar-refractivity contribution in [2.24, 2.45) is 0 Å². The Morgan fingerprint density at radius 1 is 1.04 bits per heavy atom. The van der Waals surface area contributed by atoms with Gasteiger partial charge in [-0.05, 0) is 24.1 Å². The van der Waals surface area contributed by atoms with Crippen molar-refractivity contribution in [3.05, 3.63) is 89.1 Å². The van der Waals surface area contributed by atoms with Gasteiger partial charge in [-0.3, -0.25) is 0 Å². The van der Waals surface area contributed by atoms with Gasteiger partial charge in [0.05, 0.1) is 23.9 Å². The van der Waals surface area contributed by atoms with Crippen molar-refractivity contribution < 1.29 is 14.3 Å². The summed E-state index contributed by atoms with van der Waals surface area (Å²) in [5.74, 6) is -0.457. The molecule has 26 heavy (non-hydrogen) atoms. The van der Waals surface area contributed by atoms with Crippen molar-refractivity contribution >= 4 is 18.1 Å². The van der Waals surface area contributed by atoms with Crippen LogP contribution in [0.15, 0.2) is 78.0 Å². The summed E-state index contributed by atoms with van der Waals surface area (Å²) in [5, 5.41) is 5.53. The molecule has 1 heterocycles. The molecule has 0 radical (unpaired) electrons. The number of carbonyl (C=O) groups is 2. The van der Waals surface area contributed by atoms with Gasteiger partial charge in [0.2, 0.25) is 0 Å². The van der Waals surface area contributed by atoms with Crippen LogP contribution in [0.3, 0.4) is 0 Å². The Bertz CT molecular complexity index is 842. The van der Waals surface area contributed by atoms with Gasteiger partial charge < -0.3 is 15.4 Å². The van der Waals surface area contributed by atoms with Crippen LogP contribution in [0.4, 0.5) is 4.79 Å². The van der Waals surface area contributed by atoms with E-state index in [1.165, 1.54) is 0 Å². The maximum atomic E-state index is 12.6. The SMILES string of the molecule is CCOC(=O)C1=C(C=Cc2ccccc2)NC(=O)NC1c1ccccc1. The second-order valence-corrected chi connectivity index (χ2v) is 5.73. The zero-order chi connectivity index (χ0) is 18.4. The van der Waals surface area contributed by atoms with Crippen molar-refractivity contribution in [1.82, 2.24) is 10.6 Å². The molecule has 1 atom stereocenters. The molecule has 3 rings (SSSR count). The molecule has 0 saturated heterocycles. The third-order valence-corrected chi connectivity index (χ3v) is 3.97. The largest absolute Gasteiger partial charge is 0.463 e. The number of ether oxygens (including phenoxy) is 1. The monoisotopic (exact) mass is 348 g/mol. The molecule has 5 heteroatoms. The molecular weight excluding hydrogens is 328 g/mol. The molecule has 1 aliphatic rings. The van der Waals surface area contributed by atoms with Gasteiger partial charge in [0, 0.05) is 0 Å². The highest BCUT2D eigenvalue weighted by molar-refractivity contribution is 5.96. The quantitative estimate of drug-likeness (QED) is 0.812. The molecule has 2 aromatic rings. The number of amides is 2. The number of hydrogen-bond acceptors (Lipinski definition) is 3. The number of allylic oxidation sites excluding steroid dienone is 1. The smallest absolute Gasteiger partial charge is 0.338 e. The molecule has 1 unspecified atom stereocenters. The maximum absolute atomic E-state index is 12.6. The van der Waals surface area contributed by atoms with Gasteiger partial charge in [-0.15, -0.1) is 0 Å². The van der Waals surface area contributed by atoms with Gasteiger partial charge in [-0.25, -0.2) is 9.59 Å². The molecule has 132 valence electrons. The molecule has 2 N–H and O–H groups in total. The van der Waals surface area contributed by atoms with E-state index in [4.69, 9.17) is 4.74 Å². The molecule has 0 spiro atoms. The Morgan fingerprint density at radius 3 is 2.35 bits per heavy atom. The van der Waals surface area contributed by atoms with Crippen LogP contribution in [0, 0.1) is 0 Å². The van der Waals surface area contributed by atoms with E-state index in [0.29, 0.717) is 11.3 Å². The van der Waals surface area contributed by atoms with Crippen molar-refractivity contribution in [2.75, 3.05) is 6.61 Å². The number of nitrogens with one attached hydrogen (secondary N) is 2. The number of urea groups is 1. The fourth-order valence-corrected chi connectivity index (χ4v) is 2.79. The molecule has 0 bridgehead atoms. The molecule has 0 fully saturated rings. The standard InChI is InChI=1S/C21H20N2O3/c1-2-26-20(24)18-17(14-13-15-9-5-3-6-10-15)22-21(25)23-19(18)16-11-7-4-8-12-16/h3-14,19H,2H2,1H3,(H2,22,23,25). The summed E-state index contributed by atoms with van der Waals surface area (Å²) in [6.07, 6.45) is 3.58. The lowest BCUT2D eigenvalue weighted by Gasteiger charge is -2.28. The fourth-order valence-electron chi connectivity index (χ4n) is 2.79. The Balaban J connectivity index is 2.05. The van der Waals surface area contributed by atoms with E-state index in [1.54, 1.807) is 13.0 Å². The Kier molecular flexibility index (Phi) is 5.49. The van der Waals surface area contributed by atoms with E-state index < -0.39 is 12.0 Å². The lowest BCUT2D eigenvalue weighted by atomic mass is 9.95. The van der Waals surface area contributed by atoms with Crippen molar-refractivity contribution in [1.29, 1.82) is 0 Å². The minimum atomic E-state index is -0.570. The van der Waals surface area contributed by atoms with Crippen LogP contribution >= 0.6 is 0 Å². The van der Waals surface area contributed by atoms with Crippen molar-refractivity contribution in [3.8, 4) is 0 Å². The molecule has 0 saturated carbocycles. The van der Waals surface area contributed by atoms with Crippen LogP contribution in [0.2, 0.25) is 0 Å². The first-order valence-corrected chi connectivity index (χ1v) is 8.46. The number of hydrogen-bond donors (Lipinski definition) is 2. The first-order valence-electron chi connectivity index (χ1n) is 8.46. The molecule has 1 aliphatic heterocycles. The van der Waals surface area contributed by atoms with Gasteiger partial charge in [0.1, 0.15) is 0 Å². The summed E-state index contributed by atoms with van der Waals surface area (Å²) in [4.78, 5) is 24.8. The highest BCUT2D eigenvalue weighted by Gasteiger charge is 2.32. The van der Waals surface area contributed by atoms with E-state index in [9.17, 15) is 9.59 Å². The van der Waals surface area contributed by atoms with Crippen LogP contribution in [0.25, 0.3) is 6.08 Å². The highest BCUT2D eigenvalue weighted by Crippen LogP contribution is 2.28. The second kappa shape index (κ2) is 8.16. The number of esters is 1. The topological polar surface area (TPSA) is 67.4 Å². The number of benzene rings is 2. The summed E-state index contributed by atoms with van der Waals surface area (Å²) in [6, 6.07) is 18.1. The molecule has 5 nitrogen and oxygen atoms in total. The third-order valence-electron chi connectivity index (χ3n) is 3.97. The van der Waals surface area contributed by atoms with Crippen LogP contribution in [0.1, 0.15) is 24.1 Å². The summed E-state index contributed by atoms with van der Waals surface area (Å²) < 4.78 is 5.23. The Labute approximate surface area is 152 Å². The van der Waals surface area contributed by atoms with Gasteiger partial charge >= 0.3 is 12.0 Å². The van der Waals surface area contributed by atoms with Crippen molar-refractivity contribution in [3.63, 3.8) is 0 Å². The predicted molar refractivity (Wildman–Crippen MR) is 100.0 cm³/mol. The third kappa shape index (κ3) is 4.00. The van der Waals surface area contributed by atoms with E-state index in [-0.39, 0.29) is 12.6 Å². The average molecular weight is 348 g/mol. The zero-order valence-corrected chi connectivity index (χ0v) is 14.4. The first kappa shape index (κ1) is 17.5. The van der Waals surface area contributed by atoms with Gasteiger partial charge in [0.15, 0.2) is 0 Å². The molecule has 0 aromatic heterocycles. The fraction of sp³-hybridized carbons (Fsp3) is 0.143. The van der Waals surface area contributed by atoms with Gasteiger partial charge in [0.25, 0.3) is 0 Å². The van der Waals surface area contributed by atoms with Gasteiger partial charge in [-0.1, -0.05) is 66.7 Å². The molecular formula is C21H20N2O3.